The van der Waals surface area contributed by atoms with Crippen LogP contribution in [0.5, 0.6) is 11.5 Å². The normalized spacial score (nSPS) is 11.8. The molecule has 3 nitrogen and oxygen atoms in total. The molecule has 0 aliphatic heterocycles. The van der Waals surface area contributed by atoms with Crippen molar-refractivity contribution >= 4 is 11.6 Å². The molecule has 4 heteroatoms. The monoisotopic (exact) mass is 409 g/mol. The first-order valence-corrected chi connectivity index (χ1v) is 10.3. The summed E-state index contributed by atoms with van der Waals surface area (Å²) in [5.74, 6) is 1.47. The third kappa shape index (κ3) is 6.81. The van der Waals surface area contributed by atoms with E-state index in [1.807, 2.05) is 36.4 Å². The Morgan fingerprint density at radius 1 is 0.862 bits per heavy atom. The molecule has 29 heavy (non-hydrogen) atoms. The topological polar surface area (TPSA) is 30.5 Å². The third-order valence-corrected chi connectivity index (χ3v) is 5.11. The molecule has 0 saturated carbocycles. The Kier molecular flexibility index (Phi) is 7.97. The molecule has 0 spiro atoms. The van der Waals surface area contributed by atoms with Crippen LogP contribution in [0.4, 0.5) is 0 Å². The molecule has 0 aliphatic rings. The second kappa shape index (κ2) is 10.9. The minimum absolute atomic E-state index is 0.431. The van der Waals surface area contributed by atoms with Crippen LogP contribution in [-0.2, 0) is 19.6 Å². The van der Waals surface area contributed by atoms with E-state index in [1.54, 1.807) is 7.11 Å². The van der Waals surface area contributed by atoms with Crippen LogP contribution < -0.4 is 14.8 Å². The van der Waals surface area contributed by atoms with Gasteiger partial charge in [-0.25, -0.2) is 0 Å². The predicted molar refractivity (Wildman–Crippen MR) is 120 cm³/mol. The van der Waals surface area contributed by atoms with Gasteiger partial charge in [0.1, 0.15) is 6.61 Å². The molecule has 3 aromatic carbocycles. The largest absolute Gasteiger partial charge is 0.493 e. The molecule has 0 unspecified atom stereocenters. The zero-order valence-corrected chi connectivity index (χ0v) is 17.8. The summed E-state index contributed by atoms with van der Waals surface area (Å²) >= 11 is 6.04. The van der Waals surface area contributed by atoms with Gasteiger partial charge in [0.2, 0.25) is 0 Å². The Morgan fingerprint density at radius 3 is 2.41 bits per heavy atom. The first-order chi connectivity index (χ1) is 14.1. The van der Waals surface area contributed by atoms with Gasteiger partial charge in [-0.15, -0.1) is 0 Å². The van der Waals surface area contributed by atoms with Crippen LogP contribution in [0.25, 0.3) is 0 Å². The van der Waals surface area contributed by atoms with E-state index >= 15 is 0 Å². The Morgan fingerprint density at radius 2 is 1.66 bits per heavy atom. The van der Waals surface area contributed by atoms with Gasteiger partial charge in [0.05, 0.1) is 7.11 Å². The summed E-state index contributed by atoms with van der Waals surface area (Å²) in [5.41, 5.74) is 3.57. The van der Waals surface area contributed by atoms with Crippen LogP contribution in [0.1, 0.15) is 30.0 Å². The fourth-order valence-electron chi connectivity index (χ4n) is 3.15. The van der Waals surface area contributed by atoms with Crippen molar-refractivity contribution in [1.29, 1.82) is 0 Å². The standard InChI is InChI=1S/C25H28ClNO2/c1-19(11-12-20-7-4-3-5-8-20)27-17-21-13-14-24(25(16-21)28-2)29-18-22-9-6-10-23(26)15-22/h3-10,13-16,19,27H,11-12,17-18H2,1-2H3/t19-/m1/s1. The average molecular weight is 410 g/mol. The fraction of sp³-hybridized carbons (Fsp3) is 0.280. The van der Waals surface area contributed by atoms with E-state index in [1.165, 1.54) is 11.1 Å². The molecular weight excluding hydrogens is 382 g/mol. The molecule has 0 saturated heterocycles. The number of hydrogen-bond acceptors (Lipinski definition) is 3. The van der Waals surface area contributed by atoms with Crippen LogP contribution in [0, 0.1) is 0 Å². The molecule has 1 atom stereocenters. The smallest absolute Gasteiger partial charge is 0.161 e. The number of nitrogens with one attached hydrogen (secondary N) is 1. The van der Waals surface area contributed by atoms with Gasteiger partial charge < -0.3 is 14.8 Å². The summed E-state index contributed by atoms with van der Waals surface area (Å²) in [6, 6.07) is 24.8. The lowest BCUT2D eigenvalue weighted by Crippen LogP contribution is -2.26. The molecule has 3 rings (SSSR count). The van der Waals surface area contributed by atoms with Gasteiger partial charge in [0.15, 0.2) is 11.5 Å². The quantitative estimate of drug-likeness (QED) is 0.443. The summed E-state index contributed by atoms with van der Waals surface area (Å²) in [5, 5.41) is 4.30. The number of methoxy groups -OCH3 is 1. The molecular formula is C25H28ClNO2. The van der Waals surface area contributed by atoms with Crippen LogP contribution >= 0.6 is 11.6 Å². The molecule has 0 aromatic heterocycles. The van der Waals surface area contributed by atoms with Crippen LogP contribution in [-0.4, -0.2) is 13.2 Å². The predicted octanol–water partition coefficient (Wildman–Crippen LogP) is 6.04. The summed E-state index contributed by atoms with van der Waals surface area (Å²) in [6.45, 7) is 3.47. The maximum Gasteiger partial charge on any atom is 0.161 e. The van der Waals surface area contributed by atoms with Crippen molar-refractivity contribution in [2.24, 2.45) is 0 Å². The van der Waals surface area contributed by atoms with E-state index in [9.17, 15) is 0 Å². The average Bonchev–Trinajstić information content (AvgIpc) is 2.75. The summed E-state index contributed by atoms with van der Waals surface area (Å²) < 4.78 is 11.5. The zero-order chi connectivity index (χ0) is 20.5. The molecule has 0 amide bonds. The van der Waals surface area contributed by atoms with E-state index in [-0.39, 0.29) is 0 Å². The van der Waals surface area contributed by atoms with Gasteiger partial charge in [0.25, 0.3) is 0 Å². The number of benzene rings is 3. The lowest BCUT2D eigenvalue weighted by Gasteiger charge is -2.16. The van der Waals surface area contributed by atoms with Gasteiger partial charge in [-0.1, -0.05) is 60.1 Å². The molecule has 0 bridgehead atoms. The van der Waals surface area contributed by atoms with E-state index < -0.39 is 0 Å². The van der Waals surface area contributed by atoms with Gasteiger partial charge in [0, 0.05) is 17.6 Å². The summed E-state index contributed by atoms with van der Waals surface area (Å²) in [4.78, 5) is 0. The van der Waals surface area contributed by atoms with Gasteiger partial charge in [-0.05, 0) is 60.7 Å². The maximum absolute atomic E-state index is 6.04. The fourth-order valence-corrected chi connectivity index (χ4v) is 3.36. The van der Waals surface area contributed by atoms with Crippen LogP contribution in [0.3, 0.4) is 0 Å². The minimum Gasteiger partial charge on any atom is -0.493 e. The maximum atomic E-state index is 6.04. The van der Waals surface area contributed by atoms with Crippen molar-refractivity contribution in [3.8, 4) is 11.5 Å². The molecule has 1 N–H and O–H groups in total. The van der Waals surface area contributed by atoms with E-state index in [0.717, 1.165) is 36.4 Å². The second-order valence-corrected chi connectivity index (χ2v) is 7.65. The van der Waals surface area contributed by atoms with Crippen molar-refractivity contribution in [3.63, 3.8) is 0 Å². The first kappa shape index (κ1) is 21.2. The van der Waals surface area contributed by atoms with Gasteiger partial charge >= 0.3 is 0 Å². The highest BCUT2D eigenvalue weighted by Crippen LogP contribution is 2.29. The summed E-state index contributed by atoms with van der Waals surface area (Å²) in [6.07, 6.45) is 2.18. The van der Waals surface area contributed by atoms with Gasteiger partial charge in [-0.3, -0.25) is 0 Å². The molecule has 0 fully saturated rings. The number of ether oxygens (including phenoxy) is 2. The van der Waals surface area contributed by atoms with Crippen molar-refractivity contribution in [2.45, 2.75) is 39.0 Å². The Labute approximate surface area is 178 Å². The highest BCUT2D eigenvalue weighted by Gasteiger charge is 2.08. The van der Waals surface area contributed by atoms with Crippen LogP contribution in [0.15, 0.2) is 72.8 Å². The van der Waals surface area contributed by atoms with E-state index in [2.05, 4.69) is 48.6 Å². The van der Waals surface area contributed by atoms with Crippen molar-refractivity contribution in [2.75, 3.05) is 7.11 Å². The Hall–Kier alpha value is -2.49. The summed E-state index contributed by atoms with van der Waals surface area (Å²) in [7, 11) is 1.67. The Bertz CT molecular complexity index is 898. The first-order valence-electron chi connectivity index (χ1n) is 9.95. The molecule has 3 aromatic rings. The van der Waals surface area contributed by atoms with E-state index in [4.69, 9.17) is 21.1 Å². The van der Waals surface area contributed by atoms with Crippen molar-refractivity contribution in [3.05, 3.63) is 94.5 Å². The lowest BCUT2D eigenvalue weighted by atomic mass is 10.1. The second-order valence-electron chi connectivity index (χ2n) is 7.21. The van der Waals surface area contributed by atoms with Crippen molar-refractivity contribution in [1.82, 2.24) is 5.32 Å². The third-order valence-electron chi connectivity index (χ3n) is 4.87. The molecule has 0 aliphatic carbocycles. The van der Waals surface area contributed by atoms with Gasteiger partial charge in [-0.2, -0.15) is 0 Å². The molecule has 152 valence electrons. The molecule has 0 radical (unpaired) electrons. The number of aryl methyl sites for hydroxylation is 1. The number of rotatable bonds is 10. The minimum atomic E-state index is 0.431. The highest BCUT2D eigenvalue weighted by molar-refractivity contribution is 6.30. The van der Waals surface area contributed by atoms with Crippen molar-refractivity contribution < 1.29 is 9.47 Å². The van der Waals surface area contributed by atoms with Crippen LogP contribution in [0.2, 0.25) is 5.02 Å². The van der Waals surface area contributed by atoms with E-state index in [0.29, 0.717) is 17.7 Å². The lowest BCUT2D eigenvalue weighted by molar-refractivity contribution is 0.284. The SMILES string of the molecule is COc1cc(CN[C@H](C)CCc2ccccc2)ccc1OCc1cccc(Cl)c1. The molecule has 0 heterocycles. The number of halogens is 1. The Balaban J connectivity index is 1.51. The zero-order valence-electron chi connectivity index (χ0n) is 17.0. The number of hydrogen-bond donors (Lipinski definition) is 1. The highest BCUT2D eigenvalue weighted by atomic mass is 35.5.